The second-order valence-electron chi connectivity index (χ2n) is 3.91. The third-order valence-corrected chi connectivity index (χ3v) is 2.77. The molecular weight excluding hydrogens is 188 g/mol. The number of nitrogens with two attached hydrogens (primary N) is 1. The van der Waals surface area contributed by atoms with Gasteiger partial charge >= 0.3 is 0 Å². The molecule has 1 aliphatic carbocycles. The minimum atomic E-state index is 0.604. The van der Waals surface area contributed by atoms with Gasteiger partial charge in [0.05, 0.1) is 5.69 Å². The molecule has 76 valence electrons. The molecule has 4 nitrogen and oxygen atoms in total. The van der Waals surface area contributed by atoms with E-state index in [0.717, 1.165) is 11.3 Å². The number of rotatable bonds is 2. The van der Waals surface area contributed by atoms with Gasteiger partial charge < -0.3 is 5.73 Å². The molecule has 1 aliphatic rings. The summed E-state index contributed by atoms with van der Waals surface area (Å²) in [6, 6.07) is 3.92. The Bertz CT molecular complexity index is 471. The molecule has 0 unspecified atom stereocenters. The Labute approximate surface area is 87.5 Å². The Morgan fingerprint density at radius 1 is 1.27 bits per heavy atom. The molecule has 3 N–H and O–H groups in total. The summed E-state index contributed by atoms with van der Waals surface area (Å²) in [6.07, 6.45) is 6.00. The normalized spacial score (nSPS) is 15.5. The van der Waals surface area contributed by atoms with Crippen molar-refractivity contribution in [3.63, 3.8) is 0 Å². The lowest BCUT2D eigenvalue weighted by Gasteiger charge is -2.00. The molecule has 0 saturated heterocycles. The molecule has 4 heteroatoms. The van der Waals surface area contributed by atoms with Crippen LogP contribution in [0.5, 0.6) is 0 Å². The van der Waals surface area contributed by atoms with Crippen molar-refractivity contribution in [2.24, 2.45) is 0 Å². The van der Waals surface area contributed by atoms with Gasteiger partial charge in [0.15, 0.2) is 0 Å². The monoisotopic (exact) mass is 200 g/mol. The van der Waals surface area contributed by atoms with Crippen molar-refractivity contribution in [1.82, 2.24) is 15.2 Å². The molecule has 0 atom stereocenters. The van der Waals surface area contributed by atoms with Crippen LogP contribution in [-0.4, -0.2) is 15.2 Å². The van der Waals surface area contributed by atoms with Crippen molar-refractivity contribution < 1.29 is 0 Å². The average Bonchev–Trinajstić information content (AvgIpc) is 3.03. The van der Waals surface area contributed by atoms with Crippen LogP contribution in [0, 0.1) is 0 Å². The standard InChI is InChI=1S/C11H12N4/c12-11-9(7-1-2-7)10(14-15-11)8-3-5-13-6-4-8/h3-7H,1-2H2,(H3,12,14,15). The molecule has 0 bridgehead atoms. The van der Waals surface area contributed by atoms with E-state index < -0.39 is 0 Å². The maximum Gasteiger partial charge on any atom is 0.122 e. The lowest BCUT2D eigenvalue weighted by atomic mass is 10.1. The molecule has 2 aromatic heterocycles. The average molecular weight is 200 g/mol. The fraction of sp³-hybridized carbons (Fsp3) is 0.273. The van der Waals surface area contributed by atoms with E-state index in [2.05, 4.69) is 15.2 Å². The van der Waals surface area contributed by atoms with E-state index in [9.17, 15) is 0 Å². The maximum atomic E-state index is 5.89. The van der Waals surface area contributed by atoms with Crippen LogP contribution < -0.4 is 5.73 Å². The molecular formula is C11H12N4. The fourth-order valence-electron chi connectivity index (χ4n) is 1.88. The third-order valence-electron chi connectivity index (χ3n) is 2.77. The molecule has 0 spiro atoms. The number of pyridine rings is 1. The quantitative estimate of drug-likeness (QED) is 0.778. The van der Waals surface area contributed by atoms with Gasteiger partial charge in [-0.1, -0.05) is 0 Å². The predicted octanol–water partition coefficient (Wildman–Crippen LogP) is 1.93. The van der Waals surface area contributed by atoms with Crippen LogP contribution in [0.15, 0.2) is 24.5 Å². The van der Waals surface area contributed by atoms with Crippen LogP contribution in [0.1, 0.15) is 24.3 Å². The van der Waals surface area contributed by atoms with Crippen molar-refractivity contribution in [2.75, 3.05) is 5.73 Å². The SMILES string of the molecule is Nc1[nH]nc(-c2ccncc2)c1C1CC1. The number of H-pyrrole nitrogens is 1. The summed E-state index contributed by atoms with van der Waals surface area (Å²) in [4.78, 5) is 4.00. The van der Waals surface area contributed by atoms with Crippen LogP contribution in [0.2, 0.25) is 0 Å². The summed E-state index contributed by atoms with van der Waals surface area (Å²) in [5.74, 6) is 1.32. The van der Waals surface area contributed by atoms with Gasteiger partial charge in [0.25, 0.3) is 0 Å². The van der Waals surface area contributed by atoms with E-state index in [-0.39, 0.29) is 0 Å². The molecule has 1 fully saturated rings. The molecule has 0 amide bonds. The number of hydrogen-bond donors (Lipinski definition) is 2. The number of aromatic amines is 1. The molecule has 15 heavy (non-hydrogen) atoms. The van der Waals surface area contributed by atoms with Gasteiger partial charge in [-0.3, -0.25) is 10.1 Å². The summed E-state index contributed by atoms with van der Waals surface area (Å²) in [7, 11) is 0. The van der Waals surface area contributed by atoms with Gasteiger partial charge in [-0.05, 0) is 30.9 Å². The second kappa shape index (κ2) is 3.08. The first kappa shape index (κ1) is 8.47. The first-order valence-corrected chi connectivity index (χ1v) is 5.10. The first-order chi connectivity index (χ1) is 7.36. The third kappa shape index (κ3) is 1.38. The molecule has 1 saturated carbocycles. The smallest absolute Gasteiger partial charge is 0.122 e. The molecule has 2 heterocycles. The van der Waals surface area contributed by atoms with Gasteiger partial charge in [-0.15, -0.1) is 0 Å². The second-order valence-corrected chi connectivity index (χ2v) is 3.91. The highest BCUT2D eigenvalue weighted by Gasteiger charge is 2.30. The highest BCUT2D eigenvalue weighted by Crippen LogP contribution is 2.46. The van der Waals surface area contributed by atoms with Gasteiger partial charge in [0, 0.05) is 23.5 Å². The Kier molecular flexibility index (Phi) is 1.74. The van der Waals surface area contributed by atoms with E-state index in [4.69, 9.17) is 5.73 Å². The van der Waals surface area contributed by atoms with Crippen LogP contribution in [0.4, 0.5) is 5.82 Å². The lowest BCUT2D eigenvalue weighted by molar-refractivity contribution is 1.10. The molecule has 2 aromatic rings. The van der Waals surface area contributed by atoms with Crippen molar-refractivity contribution in [3.05, 3.63) is 30.1 Å². The van der Waals surface area contributed by atoms with Gasteiger partial charge in [-0.2, -0.15) is 5.10 Å². The molecule has 3 rings (SSSR count). The fourth-order valence-corrected chi connectivity index (χ4v) is 1.88. The van der Waals surface area contributed by atoms with Crippen molar-refractivity contribution in [2.45, 2.75) is 18.8 Å². The zero-order valence-corrected chi connectivity index (χ0v) is 8.27. The number of aromatic nitrogens is 3. The largest absolute Gasteiger partial charge is 0.384 e. The Morgan fingerprint density at radius 2 is 2.00 bits per heavy atom. The summed E-state index contributed by atoms with van der Waals surface area (Å²) in [5, 5.41) is 7.13. The highest BCUT2D eigenvalue weighted by molar-refractivity contribution is 5.69. The van der Waals surface area contributed by atoms with Crippen LogP contribution in [0.25, 0.3) is 11.3 Å². The zero-order chi connectivity index (χ0) is 10.3. The summed E-state index contributed by atoms with van der Waals surface area (Å²) >= 11 is 0. The minimum Gasteiger partial charge on any atom is -0.384 e. The molecule has 0 aromatic carbocycles. The van der Waals surface area contributed by atoms with E-state index in [1.807, 2.05) is 12.1 Å². The predicted molar refractivity (Wildman–Crippen MR) is 58.2 cm³/mol. The van der Waals surface area contributed by atoms with E-state index in [0.29, 0.717) is 11.7 Å². The Hall–Kier alpha value is -1.84. The van der Waals surface area contributed by atoms with E-state index in [1.54, 1.807) is 12.4 Å². The topological polar surface area (TPSA) is 67.6 Å². The van der Waals surface area contributed by atoms with Crippen molar-refractivity contribution in [1.29, 1.82) is 0 Å². The number of anilines is 1. The summed E-state index contributed by atoms with van der Waals surface area (Å²) < 4.78 is 0. The number of nitrogens with one attached hydrogen (secondary N) is 1. The number of nitrogen functional groups attached to an aromatic ring is 1. The van der Waals surface area contributed by atoms with E-state index in [1.165, 1.54) is 18.4 Å². The van der Waals surface area contributed by atoms with E-state index >= 15 is 0 Å². The Morgan fingerprint density at radius 3 is 2.67 bits per heavy atom. The van der Waals surface area contributed by atoms with Crippen LogP contribution in [0.3, 0.4) is 0 Å². The van der Waals surface area contributed by atoms with Crippen molar-refractivity contribution in [3.8, 4) is 11.3 Å². The highest BCUT2D eigenvalue weighted by atomic mass is 15.2. The molecule has 0 aliphatic heterocycles. The summed E-state index contributed by atoms with van der Waals surface area (Å²) in [6.45, 7) is 0. The maximum absolute atomic E-state index is 5.89. The Balaban J connectivity index is 2.12. The van der Waals surface area contributed by atoms with Crippen LogP contribution >= 0.6 is 0 Å². The van der Waals surface area contributed by atoms with Gasteiger partial charge in [-0.25, -0.2) is 0 Å². The summed E-state index contributed by atoms with van der Waals surface area (Å²) in [5.41, 5.74) is 9.13. The van der Waals surface area contributed by atoms with Crippen LogP contribution in [-0.2, 0) is 0 Å². The first-order valence-electron chi connectivity index (χ1n) is 5.10. The van der Waals surface area contributed by atoms with Gasteiger partial charge in [0.1, 0.15) is 5.82 Å². The minimum absolute atomic E-state index is 0.604. The number of nitrogens with zero attached hydrogens (tertiary/aromatic N) is 2. The zero-order valence-electron chi connectivity index (χ0n) is 8.27. The number of hydrogen-bond acceptors (Lipinski definition) is 3. The molecule has 0 radical (unpaired) electrons. The van der Waals surface area contributed by atoms with Crippen molar-refractivity contribution >= 4 is 5.82 Å². The lowest BCUT2D eigenvalue weighted by Crippen LogP contribution is -1.90. The van der Waals surface area contributed by atoms with Gasteiger partial charge in [0.2, 0.25) is 0 Å².